The van der Waals surface area contributed by atoms with Crippen LogP contribution in [0.4, 0.5) is 0 Å². The van der Waals surface area contributed by atoms with Gasteiger partial charge in [0.25, 0.3) is 0 Å². The van der Waals surface area contributed by atoms with Gasteiger partial charge in [0.2, 0.25) is 11.8 Å². The maximum atomic E-state index is 13.7. The van der Waals surface area contributed by atoms with Gasteiger partial charge in [-0.3, -0.25) is 14.4 Å². The predicted octanol–water partition coefficient (Wildman–Crippen LogP) is 3.35. The molecule has 1 unspecified atom stereocenters. The van der Waals surface area contributed by atoms with Gasteiger partial charge in [-0.25, -0.2) is 4.79 Å². The summed E-state index contributed by atoms with van der Waals surface area (Å²) in [6, 6.07) is 16.9. The molecule has 36 heavy (non-hydrogen) atoms. The first-order valence-corrected chi connectivity index (χ1v) is 12.6. The number of ether oxygens (including phenoxy) is 1. The molecule has 0 spiro atoms. The number of rotatable bonds is 6. The molecule has 0 aliphatic carbocycles. The number of amides is 2. The molecule has 7 nitrogen and oxygen atoms in total. The second-order valence-electron chi connectivity index (χ2n) is 9.58. The van der Waals surface area contributed by atoms with Crippen molar-refractivity contribution in [3.63, 3.8) is 0 Å². The molecular formula is C29H36N2O5. The molecule has 1 heterocycles. The van der Waals surface area contributed by atoms with Crippen molar-refractivity contribution in [2.24, 2.45) is 11.8 Å². The monoisotopic (exact) mass is 492 g/mol. The van der Waals surface area contributed by atoms with Crippen molar-refractivity contribution in [1.29, 1.82) is 0 Å². The molecule has 0 aromatic heterocycles. The molecule has 0 radical (unpaired) electrons. The molecule has 1 saturated heterocycles. The van der Waals surface area contributed by atoms with Gasteiger partial charge in [0, 0.05) is 19.9 Å². The van der Waals surface area contributed by atoms with Crippen LogP contribution in [0.25, 0.3) is 0 Å². The highest BCUT2D eigenvalue weighted by atomic mass is 16.5. The van der Waals surface area contributed by atoms with Gasteiger partial charge in [0.05, 0.1) is 11.8 Å². The number of esters is 1. The third-order valence-corrected chi connectivity index (χ3v) is 6.92. The Hall–Kier alpha value is -3.48. The lowest BCUT2D eigenvalue weighted by Crippen LogP contribution is -2.56. The van der Waals surface area contributed by atoms with Crippen LogP contribution >= 0.6 is 0 Å². The first-order chi connectivity index (χ1) is 17.2. The fourth-order valence-corrected chi connectivity index (χ4v) is 4.59. The fraction of sp³-hybridized carbons (Fsp3) is 0.448. The molecule has 1 aliphatic heterocycles. The molecule has 2 aromatic rings. The van der Waals surface area contributed by atoms with Crippen LogP contribution in [0, 0.1) is 11.8 Å². The van der Waals surface area contributed by atoms with Crippen LogP contribution in [-0.4, -0.2) is 53.7 Å². The lowest BCUT2D eigenvalue weighted by molar-refractivity contribution is -0.164. The number of benzene rings is 2. The summed E-state index contributed by atoms with van der Waals surface area (Å²) in [7, 11) is 1.57. The maximum absolute atomic E-state index is 13.7. The fourth-order valence-electron chi connectivity index (χ4n) is 4.59. The SMILES string of the molecule is CCCC1OC(=O)[C@H](Cc2ccccc2)N(C)C(=O)[C@H](Cc2ccccc2)NC(=O)[C@@H](C)C(=O)[C@H]1C. The van der Waals surface area contributed by atoms with Gasteiger partial charge >= 0.3 is 5.97 Å². The van der Waals surface area contributed by atoms with E-state index in [0.29, 0.717) is 12.8 Å². The molecule has 2 amide bonds. The summed E-state index contributed by atoms with van der Waals surface area (Å²) >= 11 is 0. The number of likely N-dealkylation sites (N-methyl/N-ethyl adjacent to an activating group) is 1. The molecule has 0 saturated carbocycles. The van der Waals surface area contributed by atoms with Crippen molar-refractivity contribution in [2.75, 3.05) is 7.05 Å². The standard InChI is InChI=1S/C29H36N2O5/c1-5-12-25-19(2)26(32)20(3)27(33)30-23(17-21-13-8-6-9-14-21)28(34)31(4)24(29(35)36-25)18-22-15-10-7-11-16-22/h6-11,13-16,19-20,23-25H,5,12,17-18H2,1-4H3,(H,30,33)/t19-,20-,23-,24-,25?/m0/s1. The van der Waals surface area contributed by atoms with Crippen LogP contribution in [0.3, 0.4) is 0 Å². The Kier molecular flexibility index (Phi) is 9.39. The average molecular weight is 493 g/mol. The van der Waals surface area contributed by atoms with Crippen molar-refractivity contribution in [1.82, 2.24) is 10.2 Å². The summed E-state index contributed by atoms with van der Waals surface area (Å²) in [4.78, 5) is 55.0. The lowest BCUT2D eigenvalue weighted by Gasteiger charge is -2.34. The molecule has 2 aromatic carbocycles. The third kappa shape index (κ3) is 6.59. The van der Waals surface area contributed by atoms with Gasteiger partial charge in [0.1, 0.15) is 18.2 Å². The summed E-state index contributed by atoms with van der Waals surface area (Å²) in [5.74, 6) is -3.40. The minimum atomic E-state index is -0.978. The summed E-state index contributed by atoms with van der Waals surface area (Å²) in [6.45, 7) is 5.19. The number of cyclic esters (lactones) is 1. The van der Waals surface area contributed by atoms with E-state index >= 15 is 0 Å². The highest BCUT2D eigenvalue weighted by Crippen LogP contribution is 2.22. The Labute approximate surface area is 213 Å². The highest BCUT2D eigenvalue weighted by Gasteiger charge is 2.39. The van der Waals surface area contributed by atoms with E-state index in [9.17, 15) is 19.2 Å². The van der Waals surface area contributed by atoms with Gasteiger partial charge in [-0.15, -0.1) is 0 Å². The van der Waals surface area contributed by atoms with Gasteiger partial charge in [-0.1, -0.05) is 80.9 Å². The number of hydrogen-bond acceptors (Lipinski definition) is 5. The number of Topliss-reactive ketones (excluding diaryl/α,β-unsaturated/α-hetero) is 1. The third-order valence-electron chi connectivity index (χ3n) is 6.92. The topological polar surface area (TPSA) is 92.8 Å². The van der Waals surface area contributed by atoms with Gasteiger partial charge in [-0.05, 0) is 24.5 Å². The Morgan fingerprint density at radius 1 is 0.861 bits per heavy atom. The van der Waals surface area contributed by atoms with Crippen molar-refractivity contribution in [3.8, 4) is 0 Å². The Morgan fingerprint density at radius 2 is 1.42 bits per heavy atom. The van der Waals surface area contributed by atoms with E-state index < -0.39 is 47.8 Å². The zero-order valence-electron chi connectivity index (χ0n) is 21.5. The van der Waals surface area contributed by atoms with Crippen molar-refractivity contribution >= 4 is 23.6 Å². The van der Waals surface area contributed by atoms with Gasteiger partial charge < -0.3 is 15.0 Å². The normalized spacial score (nSPS) is 26.0. The van der Waals surface area contributed by atoms with Crippen molar-refractivity contribution in [2.45, 2.75) is 64.6 Å². The smallest absolute Gasteiger partial charge is 0.329 e. The van der Waals surface area contributed by atoms with Crippen LogP contribution in [0.1, 0.15) is 44.7 Å². The Balaban J connectivity index is 2.02. The van der Waals surface area contributed by atoms with E-state index in [0.717, 1.165) is 11.1 Å². The van der Waals surface area contributed by atoms with Crippen molar-refractivity contribution in [3.05, 3.63) is 71.8 Å². The minimum absolute atomic E-state index is 0.234. The van der Waals surface area contributed by atoms with Gasteiger partial charge in [-0.2, -0.15) is 0 Å². The number of nitrogens with one attached hydrogen (secondary N) is 1. The van der Waals surface area contributed by atoms with E-state index in [4.69, 9.17) is 4.74 Å². The van der Waals surface area contributed by atoms with Crippen LogP contribution in [0.5, 0.6) is 0 Å². The number of carbonyl (C=O) groups excluding carboxylic acids is 4. The van der Waals surface area contributed by atoms with E-state index in [1.54, 1.807) is 14.0 Å². The van der Waals surface area contributed by atoms with Crippen LogP contribution < -0.4 is 5.32 Å². The lowest BCUT2D eigenvalue weighted by atomic mass is 9.88. The first-order valence-electron chi connectivity index (χ1n) is 12.6. The molecule has 1 aliphatic rings. The quantitative estimate of drug-likeness (QED) is 0.493. The van der Waals surface area contributed by atoms with Crippen LogP contribution in [-0.2, 0) is 36.8 Å². The zero-order chi connectivity index (χ0) is 26.2. The molecule has 1 fully saturated rings. The molecule has 0 bridgehead atoms. The number of ketones is 1. The Bertz CT molecular complexity index is 1060. The van der Waals surface area contributed by atoms with E-state index in [1.165, 1.54) is 11.8 Å². The number of carbonyl (C=O) groups is 4. The molecule has 1 N–H and O–H groups in total. The molecule has 3 rings (SSSR count). The average Bonchev–Trinajstić information content (AvgIpc) is 2.89. The van der Waals surface area contributed by atoms with E-state index in [-0.39, 0.29) is 18.6 Å². The second-order valence-corrected chi connectivity index (χ2v) is 9.58. The van der Waals surface area contributed by atoms with Gasteiger partial charge in [0.15, 0.2) is 5.78 Å². The maximum Gasteiger partial charge on any atom is 0.329 e. The summed E-state index contributed by atoms with van der Waals surface area (Å²) in [5.41, 5.74) is 1.73. The van der Waals surface area contributed by atoms with E-state index in [2.05, 4.69) is 5.32 Å². The predicted molar refractivity (Wildman–Crippen MR) is 137 cm³/mol. The summed E-state index contributed by atoms with van der Waals surface area (Å²) in [5, 5.41) is 2.81. The number of hydrogen-bond donors (Lipinski definition) is 1. The largest absolute Gasteiger partial charge is 0.460 e. The highest BCUT2D eigenvalue weighted by molar-refractivity contribution is 6.03. The number of nitrogens with zero attached hydrogens (tertiary/aromatic N) is 1. The molecule has 7 heteroatoms. The molecule has 192 valence electrons. The van der Waals surface area contributed by atoms with Crippen LogP contribution in [0.2, 0.25) is 0 Å². The van der Waals surface area contributed by atoms with Crippen LogP contribution in [0.15, 0.2) is 60.7 Å². The Morgan fingerprint density at radius 3 is 1.97 bits per heavy atom. The zero-order valence-corrected chi connectivity index (χ0v) is 21.5. The molecule has 5 atom stereocenters. The summed E-state index contributed by atoms with van der Waals surface area (Å²) in [6.07, 6.45) is 1.00. The second kappa shape index (κ2) is 12.5. The van der Waals surface area contributed by atoms with E-state index in [1.807, 2.05) is 67.6 Å². The molecular weight excluding hydrogens is 456 g/mol. The minimum Gasteiger partial charge on any atom is -0.460 e. The summed E-state index contributed by atoms with van der Waals surface area (Å²) < 4.78 is 5.90. The van der Waals surface area contributed by atoms with Crippen molar-refractivity contribution < 1.29 is 23.9 Å². The first kappa shape index (κ1) is 27.1.